The molecule has 0 radical (unpaired) electrons. The van der Waals surface area contributed by atoms with E-state index >= 15 is 0 Å². The zero-order valence-corrected chi connectivity index (χ0v) is 6.08. The number of nitrogens with zero attached hydrogens (tertiary/aromatic N) is 1. The number of hydrogen-bond donors (Lipinski definition) is 1. The monoisotopic (exact) mass is 139 g/mol. The Bertz CT molecular complexity index is 126. The summed E-state index contributed by atoms with van der Waals surface area (Å²) in [6.45, 7) is 3.50. The van der Waals surface area contributed by atoms with Crippen molar-refractivity contribution in [3.8, 4) is 6.07 Å². The van der Waals surface area contributed by atoms with Gasteiger partial charge in [0.2, 0.25) is 0 Å². The molecular weight excluding hydrogens is 126 g/mol. The molecule has 0 aromatic carbocycles. The summed E-state index contributed by atoms with van der Waals surface area (Å²) in [6.07, 6.45) is 4.05. The summed E-state index contributed by atoms with van der Waals surface area (Å²) in [4.78, 5) is 0. The van der Waals surface area contributed by atoms with Gasteiger partial charge in [-0.1, -0.05) is 6.08 Å². The van der Waals surface area contributed by atoms with E-state index in [1.54, 1.807) is 6.08 Å². The Balaban J connectivity index is 3.14. The van der Waals surface area contributed by atoms with Crippen molar-refractivity contribution in [2.75, 3.05) is 0 Å². The highest BCUT2D eigenvalue weighted by molar-refractivity contribution is 4.74. The van der Waals surface area contributed by atoms with Gasteiger partial charge in [0, 0.05) is 6.42 Å². The average Bonchev–Trinajstić information content (AvgIpc) is 1.89. The van der Waals surface area contributed by atoms with Gasteiger partial charge < -0.3 is 5.11 Å². The summed E-state index contributed by atoms with van der Waals surface area (Å²) in [7, 11) is 0. The summed E-state index contributed by atoms with van der Waals surface area (Å²) >= 11 is 0. The predicted molar refractivity (Wildman–Crippen MR) is 40.3 cm³/mol. The highest BCUT2D eigenvalue weighted by Gasteiger charge is 1.99. The first kappa shape index (κ1) is 9.19. The van der Waals surface area contributed by atoms with Gasteiger partial charge in [0.1, 0.15) is 0 Å². The van der Waals surface area contributed by atoms with E-state index in [-0.39, 0.29) is 6.10 Å². The van der Waals surface area contributed by atoms with Crippen molar-refractivity contribution < 1.29 is 5.11 Å². The average molecular weight is 139 g/mol. The maximum absolute atomic E-state index is 9.10. The van der Waals surface area contributed by atoms with Crippen molar-refractivity contribution in [2.45, 2.75) is 31.8 Å². The maximum atomic E-state index is 9.10. The standard InChI is InChI=1S/C8H13NO/c1-2-5-8(10)6-3-4-7-9/h2,8,10H,1,3-6H2. The lowest BCUT2D eigenvalue weighted by molar-refractivity contribution is 0.165. The van der Waals surface area contributed by atoms with Gasteiger partial charge in [0.25, 0.3) is 0 Å². The van der Waals surface area contributed by atoms with E-state index in [0.717, 1.165) is 6.42 Å². The molecular formula is C8H13NO. The molecule has 0 spiro atoms. The molecule has 0 aliphatic carbocycles. The molecule has 0 aliphatic rings. The van der Waals surface area contributed by atoms with Crippen LogP contribution in [0.2, 0.25) is 0 Å². The number of rotatable bonds is 5. The van der Waals surface area contributed by atoms with Gasteiger partial charge >= 0.3 is 0 Å². The molecule has 0 aromatic rings. The molecule has 1 atom stereocenters. The van der Waals surface area contributed by atoms with E-state index in [0.29, 0.717) is 19.3 Å². The van der Waals surface area contributed by atoms with Gasteiger partial charge in [-0.25, -0.2) is 0 Å². The Morgan fingerprint density at radius 3 is 2.90 bits per heavy atom. The first-order valence-corrected chi connectivity index (χ1v) is 3.47. The van der Waals surface area contributed by atoms with Crippen molar-refractivity contribution >= 4 is 0 Å². The highest BCUT2D eigenvalue weighted by Crippen LogP contribution is 2.03. The molecule has 0 rings (SSSR count). The second-order valence-electron chi connectivity index (χ2n) is 2.23. The van der Waals surface area contributed by atoms with Crippen LogP contribution in [0.3, 0.4) is 0 Å². The van der Waals surface area contributed by atoms with Crippen LogP contribution in [-0.2, 0) is 0 Å². The third-order valence-corrected chi connectivity index (χ3v) is 1.26. The third kappa shape index (κ3) is 5.33. The summed E-state index contributed by atoms with van der Waals surface area (Å²) < 4.78 is 0. The summed E-state index contributed by atoms with van der Waals surface area (Å²) in [5, 5.41) is 17.3. The van der Waals surface area contributed by atoms with Gasteiger partial charge in [-0.05, 0) is 19.3 Å². The zero-order valence-electron chi connectivity index (χ0n) is 6.08. The van der Waals surface area contributed by atoms with E-state index in [1.165, 1.54) is 0 Å². The molecule has 2 nitrogen and oxygen atoms in total. The molecule has 0 saturated carbocycles. The maximum Gasteiger partial charge on any atom is 0.0621 e. The second-order valence-corrected chi connectivity index (χ2v) is 2.23. The SMILES string of the molecule is C=CCC(O)CCCC#N. The molecule has 0 saturated heterocycles. The summed E-state index contributed by atoms with van der Waals surface area (Å²) in [5.41, 5.74) is 0. The summed E-state index contributed by atoms with van der Waals surface area (Å²) in [6, 6.07) is 2.03. The smallest absolute Gasteiger partial charge is 0.0621 e. The molecule has 0 heterocycles. The minimum atomic E-state index is -0.300. The largest absolute Gasteiger partial charge is 0.393 e. The molecule has 0 bridgehead atoms. The van der Waals surface area contributed by atoms with Crippen molar-refractivity contribution in [3.63, 3.8) is 0 Å². The fraction of sp³-hybridized carbons (Fsp3) is 0.625. The van der Waals surface area contributed by atoms with Gasteiger partial charge in [-0.3, -0.25) is 0 Å². The lowest BCUT2D eigenvalue weighted by atomic mass is 10.1. The Hall–Kier alpha value is -0.810. The normalized spacial score (nSPS) is 12.0. The van der Waals surface area contributed by atoms with Crippen LogP contribution in [0.1, 0.15) is 25.7 Å². The lowest BCUT2D eigenvalue weighted by Gasteiger charge is -2.03. The molecule has 2 heteroatoms. The number of aliphatic hydroxyl groups is 1. The second kappa shape index (κ2) is 6.31. The first-order chi connectivity index (χ1) is 4.81. The van der Waals surface area contributed by atoms with Crippen LogP contribution in [0.4, 0.5) is 0 Å². The topological polar surface area (TPSA) is 44.0 Å². The fourth-order valence-corrected chi connectivity index (χ4v) is 0.727. The van der Waals surface area contributed by atoms with Crippen LogP contribution in [-0.4, -0.2) is 11.2 Å². The van der Waals surface area contributed by atoms with Gasteiger partial charge in [-0.2, -0.15) is 5.26 Å². The minimum absolute atomic E-state index is 0.300. The lowest BCUT2D eigenvalue weighted by Crippen LogP contribution is -2.03. The first-order valence-electron chi connectivity index (χ1n) is 3.47. The highest BCUT2D eigenvalue weighted by atomic mass is 16.3. The molecule has 10 heavy (non-hydrogen) atoms. The van der Waals surface area contributed by atoms with Crippen LogP contribution in [0.15, 0.2) is 12.7 Å². The molecule has 1 N–H and O–H groups in total. The Morgan fingerprint density at radius 2 is 2.40 bits per heavy atom. The van der Waals surface area contributed by atoms with Crippen molar-refractivity contribution in [3.05, 3.63) is 12.7 Å². The van der Waals surface area contributed by atoms with Crippen molar-refractivity contribution in [1.29, 1.82) is 5.26 Å². The van der Waals surface area contributed by atoms with E-state index < -0.39 is 0 Å². The van der Waals surface area contributed by atoms with Crippen molar-refractivity contribution in [2.24, 2.45) is 0 Å². The quantitative estimate of drug-likeness (QED) is 0.464. The third-order valence-electron chi connectivity index (χ3n) is 1.26. The van der Waals surface area contributed by atoms with Crippen molar-refractivity contribution in [1.82, 2.24) is 0 Å². The van der Waals surface area contributed by atoms with E-state index in [1.807, 2.05) is 6.07 Å². The van der Waals surface area contributed by atoms with E-state index in [9.17, 15) is 0 Å². The van der Waals surface area contributed by atoms with Gasteiger partial charge in [-0.15, -0.1) is 6.58 Å². The number of unbranched alkanes of at least 4 members (excludes halogenated alkanes) is 1. The molecule has 0 aromatic heterocycles. The van der Waals surface area contributed by atoms with Crippen LogP contribution in [0.25, 0.3) is 0 Å². The van der Waals surface area contributed by atoms with Crippen LogP contribution < -0.4 is 0 Å². The van der Waals surface area contributed by atoms with Gasteiger partial charge in [0.15, 0.2) is 0 Å². The predicted octanol–water partition coefficient (Wildman–Crippen LogP) is 1.62. The molecule has 0 fully saturated rings. The number of nitriles is 1. The van der Waals surface area contributed by atoms with Crippen LogP contribution in [0, 0.1) is 11.3 Å². The summed E-state index contributed by atoms with van der Waals surface area (Å²) in [5.74, 6) is 0. The Morgan fingerprint density at radius 1 is 1.70 bits per heavy atom. The van der Waals surface area contributed by atoms with Crippen LogP contribution >= 0.6 is 0 Å². The fourth-order valence-electron chi connectivity index (χ4n) is 0.727. The molecule has 0 amide bonds. The molecule has 56 valence electrons. The Labute approximate surface area is 61.8 Å². The molecule has 0 aliphatic heterocycles. The van der Waals surface area contributed by atoms with E-state index in [4.69, 9.17) is 10.4 Å². The van der Waals surface area contributed by atoms with E-state index in [2.05, 4.69) is 6.58 Å². The molecule has 1 unspecified atom stereocenters. The van der Waals surface area contributed by atoms with Crippen LogP contribution in [0.5, 0.6) is 0 Å². The Kier molecular flexibility index (Phi) is 5.80. The number of aliphatic hydroxyl groups excluding tert-OH is 1. The minimum Gasteiger partial charge on any atom is -0.393 e. The van der Waals surface area contributed by atoms with Gasteiger partial charge in [0.05, 0.1) is 12.2 Å². The number of hydrogen-bond acceptors (Lipinski definition) is 2. The zero-order chi connectivity index (χ0) is 7.82.